The number of ether oxygens (including phenoxy) is 1. The number of aromatic nitrogens is 2. The van der Waals surface area contributed by atoms with E-state index in [2.05, 4.69) is 34.7 Å². The maximum atomic E-state index is 5.47. The largest absolute Gasteiger partial charge is 0.481 e. The minimum Gasteiger partial charge on any atom is -0.481 e. The van der Waals surface area contributed by atoms with Crippen molar-refractivity contribution >= 4 is 0 Å². The standard InChI is InChI=1S/C17H23N3O/c1-12-15(17(21-3)20(2)19-12)11-18-16-10-6-8-13-7-4-5-9-14(13)16/h4-5,7,9,16,18H,6,8,10-11H2,1-3H3/t16-/m0/s1. The van der Waals surface area contributed by atoms with Gasteiger partial charge in [0, 0.05) is 19.6 Å². The molecule has 0 spiro atoms. The van der Waals surface area contributed by atoms with Crippen molar-refractivity contribution in [3.05, 3.63) is 46.6 Å². The van der Waals surface area contributed by atoms with Crippen LogP contribution in [0.15, 0.2) is 24.3 Å². The third kappa shape index (κ3) is 2.68. The molecule has 21 heavy (non-hydrogen) atoms. The van der Waals surface area contributed by atoms with Gasteiger partial charge in [-0.25, -0.2) is 4.68 Å². The van der Waals surface area contributed by atoms with Crippen LogP contribution in [0.2, 0.25) is 0 Å². The van der Waals surface area contributed by atoms with E-state index in [1.165, 1.54) is 30.4 Å². The Kier molecular flexibility index (Phi) is 3.97. The van der Waals surface area contributed by atoms with Crippen LogP contribution in [0.25, 0.3) is 0 Å². The molecule has 1 heterocycles. The number of nitrogens with one attached hydrogen (secondary N) is 1. The zero-order valence-corrected chi connectivity index (χ0v) is 13.0. The fourth-order valence-corrected chi connectivity index (χ4v) is 3.33. The van der Waals surface area contributed by atoms with E-state index in [1.54, 1.807) is 11.8 Å². The summed E-state index contributed by atoms with van der Waals surface area (Å²) < 4.78 is 7.27. The van der Waals surface area contributed by atoms with Crippen LogP contribution in [0, 0.1) is 6.92 Å². The maximum absolute atomic E-state index is 5.47. The molecule has 112 valence electrons. The van der Waals surface area contributed by atoms with E-state index in [9.17, 15) is 0 Å². The number of fused-ring (bicyclic) bond motifs is 1. The third-order valence-corrected chi connectivity index (χ3v) is 4.38. The first-order valence-electron chi connectivity index (χ1n) is 7.58. The second-order valence-electron chi connectivity index (χ2n) is 5.72. The van der Waals surface area contributed by atoms with Crippen LogP contribution in [0.3, 0.4) is 0 Å². The van der Waals surface area contributed by atoms with Crippen molar-refractivity contribution in [1.82, 2.24) is 15.1 Å². The summed E-state index contributed by atoms with van der Waals surface area (Å²) in [6, 6.07) is 9.20. The van der Waals surface area contributed by atoms with Gasteiger partial charge in [0.05, 0.1) is 18.4 Å². The Morgan fingerprint density at radius 2 is 2.19 bits per heavy atom. The molecule has 0 saturated carbocycles. The molecule has 2 aromatic rings. The van der Waals surface area contributed by atoms with E-state index in [1.807, 2.05) is 14.0 Å². The Bertz CT molecular complexity index is 633. The van der Waals surface area contributed by atoms with Crippen LogP contribution < -0.4 is 10.1 Å². The maximum Gasteiger partial charge on any atom is 0.216 e. The first-order chi connectivity index (χ1) is 10.2. The molecule has 1 aliphatic carbocycles. The number of rotatable bonds is 4. The lowest BCUT2D eigenvalue weighted by Gasteiger charge is -2.26. The van der Waals surface area contributed by atoms with E-state index in [0.717, 1.165) is 23.7 Å². The van der Waals surface area contributed by atoms with Gasteiger partial charge in [-0.2, -0.15) is 5.10 Å². The Balaban J connectivity index is 1.78. The molecule has 1 atom stereocenters. The first kappa shape index (κ1) is 14.1. The van der Waals surface area contributed by atoms with Crippen molar-refractivity contribution in [1.29, 1.82) is 0 Å². The van der Waals surface area contributed by atoms with Gasteiger partial charge in [-0.1, -0.05) is 24.3 Å². The Morgan fingerprint density at radius 3 is 3.00 bits per heavy atom. The van der Waals surface area contributed by atoms with Gasteiger partial charge in [-0.15, -0.1) is 0 Å². The molecule has 0 aliphatic heterocycles. The molecule has 0 saturated heterocycles. The summed E-state index contributed by atoms with van der Waals surface area (Å²) in [6.45, 7) is 2.83. The van der Waals surface area contributed by atoms with E-state index >= 15 is 0 Å². The van der Waals surface area contributed by atoms with Gasteiger partial charge in [0.15, 0.2) is 0 Å². The van der Waals surface area contributed by atoms with E-state index in [4.69, 9.17) is 4.74 Å². The minimum absolute atomic E-state index is 0.430. The van der Waals surface area contributed by atoms with Crippen molar-refractivity contribution in [3.8, 4) is 5.88 Å². The molecule has 0 amide bonds. The van der Waals surface area contributed by atoms with Gasteiger partial charge in [0.25, 0.3) is 0 Å². The molecule has 0 bridgehead atoms. The fraction of sp³-hybridized carbons (Fsp3) is 0.471. The highest BCUT2D eigenvalue weighted by molar-refractivity contribution is 5.34. The number of hydrogen-bond acceptors (Lipinski definition) is 3. The summed E-state index contributed by atoms with van der Waals surface area (Å²) in [7, 11) is 3.63. The third-order valence-electron chi connectivity index (χ3n) is 4.38. The zero-order chi connectivity index (χ0) is 14.8. The predicted octanol–water partition coefficient (Wildman–Crippen LogP) is 2.90. The number of hydrogen-bond donors (Lipinski definition) is 1. The van der Waals surface area contributed by atoms with Crippen molar-refractivity contribution < 1.29 is 4.74 Å². The van der Waals surface area contributed by atoms with E-state index in [-0.39, 0.29) is 0 Å². The summed E-state index contributed by atoms with van der Waals surface area (Å²) in [5.41, 5.74) is 5.12. The molecule has 4 nitrogen and oxygen atoms in total. The number of nitrogens with zero attached hydrogens (tertiary/aromatic N) is 2. The molecule has 1 aromatic heterocycles. The average Bonchev–Trinajstić information content (AvgIpc) is 2.78. The van der Waals surface area contributed by atoms with Gasteiger partial charge in [0.2, 0.25) is 5.88 Å². The molecule has 1 aromatic carbocycles. The minimum atomic E-state index is 0.430. The summed E-state index contributed by atoms with van der Waals surface area (Å²) in [4.78, 5) is 0. The molecular weight excluding hydrogens is 262 g/mol. The van der Waals surface area contributed by atoms with Gasteiger partial charge in [-0.3, -0.25) is 0 Å². The van der Waals surface area contributed by atoms with Crippen molar-refractivity contribution in [2.45, 2.75) is 38.8 Å². The molecule has 0 fully saturated rings. The molecular formula is C17H23N3O. The SMILES string of the molecule is COc1c(CN[C@H]2CCCc3ccccc32)c(C)nn1C. The summed E-state index contributed by atoms with van der Waals surface area (Å²) >= 11 is 0. The lowest BCUT2D eigenvalue weighted by atomic mass is 9.87. The van der Waals surface area contributed by atoms with Crippen LogP contribution in [-0.2, 0) is 20.0 Å². The highest BCUT2D eigenvalue weighted by Crippen LogP contribution is 2.30. The Hall–Kier alpha value is -1.81. The zero-order valence-electron chi connectivity index (χ0n) is 13.0. The summed E-state index contributed by atoms with van der Waals surface area (Å²) in [5.74, 6) is 0.851. The summed E-state index contributed by atoms with van der Waals surface area (Å²) in [5, 5.41) is 8.13. The topological polar surface area (TPSA) is 39.1 Å². The Labute approximate surface area is 126 Å². The van der Waals surface area contributed by atoms with Crippen LogP contribution >= 0.6 is 0 Å². The van der Waals surface area contributed by atoms with E-state index in [0.29, 0.717) is 6.04 Å². The highest BCUT2D eigenvalue weighted by Gasteiger charge is 2.21. The van der Waals surface area contributed by atoms with Crippen LogP contribution in [0.1, 0.15) is 41.3 Å². The quantitative estimate of drug-likeness (QED) is 0.939. The number of aryl methyl sites for hydroxylation is 3. The van der Waals surface area contributed by atoms with Crippen molar-refractivity contribution in [2.24, 2.45) is 7.05 Å². The van der Waals surface area contributed by atoms with Gasteiger partial charge in [-0.05, 0) is 37.3 Å². The molecule has 0 radical (unpaired) electrons. The van der Waals surface area contributed by atoms with Gasteiger partial charge < -0.3 is 10.1 Å². The normalized spacial score (nSPS) is 17.6. The smallest absolute Gasteiger partial charge is 0.216 e. The van der Waals surface area contributed by atoms with Crippen molar-refractivity contribution in [3.63, 3.8) is 0 Å². The lowest BCUT2D eigenvalue weighted by Crippen LogP contribution is -2.25. The molecule has 1 aliphatic rings. The van der Waals surface area contributed by atoms with Crippen LogP contribution in [0.5, 0.6) is 5.88 Å². The van der Waals surface area contributed by atoms with Crippen molar-refractivity contribution in [2.75, 3.05) is 7.11 Å². The average molecular weight is 285 g/mol. The molecule has 4 heteroatoms. The summed E-state index contributed by atoms with van der Waals surface area (Å²) in [6.07, 6.45) is 3.64. The van der Waals surface area contributed by atoms with Gasteiger partial charge >= 0.3 is 0 Å². The van der Waals surface area contributed by atoms with Gasteiger partial charge in [0.1, 0.15) is 0 Å². The highest BCUT2D eigenvalue weighted by atomic mass is 16.5. The predicted molar refractivity (Wildman–Crippen MR) is 83.5 cm³/mol. The lowest BCUT2D eigenvalue weighted by molar-refractivity contribution is 0.365. The van der Waals surface area contributed by atoms with Crippen LogP contribution in [-0.4, -0.2) is 16.9 Å². The molecule has 3 rings (SSSR count). The first-order valence-corrected chi connectivity index (χ1v) is 7.58. The monoisotopic (exact) mass is 285 g/mol. The molecule has 0 unspecified atom stereocenters. The second kappa shape index (κ2) is 5.90. The fourth-order valence-electron chi connectivity index (χ4n) is 3.33. The number of benzene rings is 1. The van der Waals surface area contributed by atoms with Crippen LogP contribution in [0.4, 0.5) is 0 Å². The number of methoxy groups -OCH3 is 1. The molecule has 1 N–H and O–H groups in total. The Morgan fingerprint density at radius 1 is 1.38 bits per heavy atom. The van der Waals surface area contributed by atoms with E-state index < -0.39 is 0 Å². The second-order valence-corrected chi connectivity index (χ2v) is 5.72.